The molecule has 0 aromatic carbocycles. The van der Waals surface area contributed by atoms with Crippen molar-refractivity contribution < 1.29 is 8.42 Å². The molecular formula is C13H21N3O2S. The average molecular weight is 283 g/mol. The van der Waals surface area contributed by atoms with E-state index in [4.69, 9.17) is 0 Å². The molecule has 0 bridgehead atoms. The van der Waals surface area contributed by atoms with Crippen LogP contribution in [0.2, 0.25) is 0 Å². The SMILES string of the molecule is CCNc1cc(CN(C)C2CCS(=O)(=O)C2)ccn1. The van der Waals surface area contributed by atoms with Gasteiger partial charge in [-0.2, -0.15) is 0 Å². The number of anilines is 1. The van der Waals surface area contributed by atoms with Gasteiger partial charge in [0.15, 0.2) is 9.84 Å². The van der Waals surface area contributed by atoms with Crippen LogP contribution in [0, 0.1) is 0 Å². The highest BCUT2D eigenvalue weighted by atomic mass is 32.2. The van der Waals surface area contributed by atoms with E-state index in [9.17, 15) is 8.42 Å². The molecule has 0 saturated carbocycles. The van der Waals surface area contributed by atoms with Crippen molar-refractivity contribution in [3.05, 3.63) is 23.9 Å². The molecule has 1 aromatic rings. The first-order valence-corrected chi connectivity index (χ1v) is 8.42. The average Bonchev–Trinajstić information content (AvgIpc) is 2.71. The first-order chi connectivity index (χ1) is 9.00. The molecule has 19 heavy (non-hydrogen) atoms. The summed E-state index contributed by atoms with van der Waals surface area (Å²) in [5.74, 6) is 1.47. The first-order valence-electron chi connectivity index (χ1n) is 6.59. The summed E-state index contributed by atoms with van der Waals surface area (Å²) in [6.07, 6.45) is 2.52. The van der Waals surface area contributed by atoms with E-state index in [0.29, 0.717) is 5.75 Å². The maximum Gasteiger partial charge on any atom is 0.151 e. The molecule has 1 saturated heterocycles. The number of hydrogen-bond donors (Lipinski definition) is 1. The van der Waals surface area contributed by atoms with E-state index in [-0.39, 0.29) is 11.8 Å². The number of hydrogen-bond acceptors (Lipinski definition) is 5. The van der Waals surface area contributed by atoms with Crippen LogP contribution < -0.4 is 5.32 Å². The summed E-state index contributed by atoms with van der Waals surface area (Å²) in [6, 6.07) is 4.13. The molecule has 1 aliphatic heterocycles. The number of sulfone groups is 1. The van der Waals surface area contributed by atoms with Crippen molar-refractivity contribution in [1.82, 2.24) is 9.88 Å². The summed E-state index contributed by atoms with van der Waals surface area (Å²) >= 11 is 0. The minimum atomic E-state index is -2.82. The minimum absolute atomic E-state index is 0.140. The fourth-order valence-electron chi connectivity index (χ4n) is 2.39. The van der Waals surface area contributed by atoms with Crippen LogP contribution in [0.4, 0.5) is 5.82 Å². The van der Waals surface area contributed by atoms with Crippen LogP contribution in [0.15, 0.2) is 18.3 Å². The molecule has 1 atom stereocenters. The largest absolute Gasteiger partial charge is 0.370 e. The van der Waals surface area contributed by atoms with Crippen LogP contribution in [-0.2, 0) is 16.4 Å². The summed E-state index contributed by atoms with van der Waals surface area (Å²) < 4.78 is 23.0. The number of nitrogens with one attached hydrogen (secondary N) is 1. The Morgan fingerprint density at radius 1 is 1.53 bits per heavy atom. The van der Waals surface area contributed by atoms with Gasteiger partial charge in [-0.15, -0.1) is 0 Å². The van der Waals surface area contributed by atoms with Crippen molar-refractivity contribution in [2.75, 3.05) is 30.4 Å². The number of rotatable bonds is 5. The fraction of sp³-hybridized carbons (Fsp3) is 0.615. The highest BCUT2D eigenvalue weighted by Gasteiger charge is 2.30. The van der Waals surface area contributed by atoms with Gasteiger partial charge >= 0.3 is 0 Å². The topological polar surface area (TPSA) is 62.3 Å². The Hall–Kier alpha value is -1.14. The molecule has 0 spiro atoms. The van der Waals surface area contributed by atoms with Gasteiger partial charge in [-0.25, -0.2) is 13.4 Å². The number of nitrogens with zero attached hydrogens (tertiary/aromatic N) is 2. The molecule has 5 nitrogen and oxygen atoms in total. The molecule has 1 aliphatic rings. The van der Waals surface area contributed by atoms with Gasteiger partial charge in [-0.1, -0.05) is 0 Å². The van der Waals surface area contributed by atoms with E-state index < -0.39 is 9.84 Å². The molecule has 2 rings (SSSR count). The molecule has 1 aromatic heterocycles. The lowest BCUT2D eigenvalue weighted by Gasteiger charge is -2.23. The summed E-state index contributed by atoms with van der Waals surface area (Å²) in [4.78, 5) is 6.35. The molecule has 6 heteroatoms. The van der Waals surface area contributed by atoms with Crippen molar-refractivity contribution in [3.63, 3.8) is 0 Å². The van der Waals surface area contributed by atoms with E-state index in [2.05, 4.69) is 15.2 Å². The zero-order chi connectivity index (χ0) is 13.9. The smallest absolute Gasteiger partial charge is 0.151 e. The van der Waals surface area contributed by atoms with Crippen LogP contribution in [0.1, 0.15) is 18.9 Å². The molecule has 1 unspecified atom stereocenters. The molecule has 1 fully saturated rings. The highest BCUT2D eigenvalue weighted by molar-refractivity contribution is 7.91. The maximum absolute atomic E-state index is 11.5. The molecule has 0 radical (unpaired) electrons. The quantitative estimate of drug-likeness (QED) is 0.878. The Morgan fingerprint density at radius 3 is 2.95 bits per heavy atom. The van der Waals surface area contributed by atoms with Crippen molar-refractivity contribution in [1.29, 1.82) is 0 Å². The summed E-state index contributed by atoms with van der Waals surface area (Å²) in [6.45, 7) is 3.62. The minimum Gasteiger partial charge on any atom is -0.370 e. The van der Waals surface area contributed by atoms with E-state index >= 15 is 0 Å². The van der Waals surface area contributed by atoms with Gasteiger partial charge in [0.25, 0.3) is 0 Å². The van der Waals surface area contributed by atoms with Gasteiger partial charge in [0.2, 0.25) is 0 Å². The second-order valence-electron chi connectivity index (χ2n) is 5.05. The predicted octanol–water partition coefficient (Wildman–Crippen LogP) is 1.13. The normalized spacial score (nSPS) is 21.7. The summed E-state index contributed by atoms with van der Waals surface area (Å²) in [5.41, 5.74) is 1.15. The van der Waals surface area contributed by atoms with Gasteiger partial charge in [0.1, 0.15) is 5.82 Å². The third kappa shape index (κ3) is 3.91. The highest BCUT2D eigenvalue weighted by Crippen LogP contribution is 2.19. The van der Waals surface area contributed by atoms with E-state index in [0.717, 1.165) is 30.9 Å². The van der Waals surface area contributed by atoms with E-state index in [1.54, 1.807) is 6.20 Å². The van der Waals surface area contributed by atoms with Crippen molar-refractivity contribution in [2.24, 2.45) is 0 Å². The van der Waals surface area contributed by atoms with Crippen LogP contribution >= 0.6 is 0 Å². The number of pyridine rings is 1. The third-order valence-electron chi connectivity index (χ3n) is 3.45. The lowest BCUT2D eigenvalue weighted by Crippen LogP contribution is -2.32. The Bertz CT molecular complexity index is 530. The predicted molar refractivity (Wildman–Crippen MR) is 76.9 cm³/mol. The van der Waals surface area contributed by atoms with Crippen LogP contribution in [0.3, 0.4) is 0 Å². The first kappa shape index (κ1) is 14.3. The second kappa shape index (κ2) is 5.88. The second-order valence-corrected chi connectivity index (χ2v) is 7.28. The van der Waals surface area contributed by atoms with Crippen molar-refractivity contribution in [2.45, 2.75) is 25.9 Å². The molecule has 2 heterocycles. The lowest BCUT2D eigenvalue weighted by molar-refractivity contribution is 0.254. The van der Waals surface area contributed by atoms with Gasteiger partial charge in [0, 0.05) is 25.3 Å². The van der Waals surface area contributed by atoms with Gasteiger partial charge < -0.3 is 5.32 Å². The zero-order valence-electron chi connectivity index (χ0n) is 11.5. The molecule has 106 valence electrons. The van der Waals surface area contributed by atoms with E-state index in [1.807, 2.05) is 26.1 Å². The van der Waals surface area contributed by atoms with Crippen LogP contribution in [0.5, 0.6) is 0 Å². The Kier molecular flexibility index (Phi) is 4.42. The molecular weight excluding hydrogens is 262 g/mol. The summed E-state index contributed by atoms with van der Waals surface area (Å²) in [5, 5.41) is 3.18. The van der Waals surface area contributed by atoms with Crippen LogP contribution in [0.25, 0.3) is 0 Å². The van der Waals surface area contributed by atoms with Gasteiger partial charge in [-0.3, -0.25) is 4.90 Å². The Morgan fingerprint density at radius 2 is 2.32 bits per heavy atom. The standard InChI is InChI=1S/C13H21N3O2S/c1-3-14-13-8-11(4-6-15-13)9-16(2)12-5-7-19(17,18)10-12/h4,6,8,12H,3,5,7,9-10H2,1-2H3,(H,14,15). The third-order valence-corrected chi connectivity index (χ3v) is 5.20. The molecule has 1 N–H and O–H groups in total. The van der Waals surface area contributed by atoms with E-state index in [1.165, 1.54) is 0 Å². The lowest BCUT2D eigenvalue weighted by atomic mass is 10.2. The summed E-state index contributed by atoms with van der Waals surface area (Å²) in [7, 11) is -0.831. The number of aromatic nitrogens is 1. The van der Waals surface area contributed by atoms with Crippen LogP contribution in [-0.4, -0.2) is 49.4 Å². The Labute approximate surface area is 114 Å². The maximum atomic E-state index is 11.5. The molecule has 0 amide bonds. The van der Waals surface area contributed by atoms with Gasteiger partial charge in [-0.05, 0) is 38.1 Å². The zero-order valence-corrected chi connectivity index (χ0v) is 12.3. The van der Waals surface area contributed by atoms with Gasteiger partial charge in [0.05, 0.1) is 11.5 Å². The monoisotopic (exact) mass is 283 g/mol. The van der Waals surface area contributed by atoms with Crippen molar-refractivity contribution in [3.8, 4) is 0 Å². The fourth-order valence-corrected chi connectivity index (χ4v) is 4.20. The van der Waals surface area contributed by atoms with Crippen molar-refractivity contribution >= 4 is 15.7 Å². The Balaban J connectivity index is 1.99. The molecule has 0 aliphatic carbocycles.